The van der Waals surface area contributed by atoms with E-state index in [0.29, 0.717) is 25.2 Å². The minimum atomic E-state index is -0.339. The van der Waals surface area contributed by atoms with Crippen LogP contribution < -0.4 is 5.32 Å². The van der Waals surface area contributed by atoms with Crippen molar-refractivity contribution in [3.8, 4) is 0 Å². The van der Waals surface area contributed by atoms with Gasteiger partial charge >= 0.3 is 6.09 Å². The molecular weight excluding hydrogens is 304 g/mol. The molecule has 0 radical (unpaired) electrons. The number of nitrogens with zero attached hydrogens (tertiary/aromatic N) is 1. The van der Waals surface area contributed by atoms with Gasteiger partial charge in [0.1, 0.15) is 6.10 Å². The molecule has 1 aliphatic rings. The van der Waals surface area contributed by atoms with Crippen LogP contribution in [-0.4, -0.2) is 36.5 Å². The quantitative estimate of drug-likeness (QED) is 0.920. The first-order valence-corrected chi connectivity index (χ1v) is 7.99. The lowest BCUT2D eigenvalue weighted by atomic mass is 10.1. The summed E-state index contributed by atoms with van der Waals surface area (Å²) in [6, 6.07) is 17.1. The van der Waals surface area contributed by atoms with E-state index >= 15 is 0 Å². The fourth-order valence-corrected chi connectivity index (χ4v) is 2.76. The molecule has 0 aromatic heterocycles. The van der Waals surface area contributed by atoms with E-state index in [0.717, 1.165) is 11.1 Å². The topological polar surface area (TPSA) is 58.6 Å². The Hall–Kier alpha value is -2.82. The van der Waals surface area contributed by atoms with Crippen molar-refractivity contribution in [2.45, 2.75) is 13.0 Å². The molecule has 1 heterocycles. The molecule has 1 N–H and O–H groups in total. The molecule has 0 bridgehead atoms. The fourth-order valence-electron chi connectivity index (χ4n) is 2.76. The zero-order valence-corrected chi connectivity index (χ0v) is 13.6. The second-order valence-corrected chi connectivity index (χ2v) is 5.80. The number of ether oxygens (including phenoxy) is 1. The Balaban J connectivity index is 1.51. The van der Waals surface area contributed by atoms with E-state index in [2.05, 4.69) is 5.32 Å². The maximum atomic E-state index is 12.2. The Morgan fingerprint density at radius 1 is 1.17 bits per heavy atom. The molecule has 5 heteroatoms. The van der Waals surface area contributed by atoms with Gasteiger partial charge in [-0.2, -0.15) is 0 Å². The van der Waals surface area contributed by atoms with Crippen molar-refractivity contribution < 1.29 is 14.3 Å². The van der Waals surface area contributed by atoms with Crippen LogP contribution in [0.1, 0.15) is 27.6 Å². The van der Waals surface area contributed by atoms with Crippen LogP contribution >= 0.6 is 0 Å². The first-order chi connectivity index (χ1) is 11.6. The van der Waals surface area contributed by atoms with E-state index in [4.69, 9.17) is 4.74 Å². The lowest BCUT2D eigenvalue weighted by molar-refractivity contribution is 0.0947. The molecule has 1 aliphatic heterocycles. The summed E-state index contributed by atoms with van der Waals surface area (Å²) in [5, 5.41) is 2.85. The van der Waals surface area contributed by atoms with Crippen LogP contribution in [-0.2, 0) is 4.74 Å². The van der Waals surface area contributed by atoms with E-state index < -0.39 is 0 Å². The highest BCUT2D eigenvalue weighted by Crippen LogP contribution is 2.25. The van der Waals surface area contributed by atoms with Crippen molar-refractivity contribution in [2.75, 3.05) is 19.6 Å². The normalized spacial score (nSPS) is 16.8. The minimum absolute atomic E-state index is 0.125. The van der Waals surface area contributed by atoms with Crippen LogP contribution in [0.4, 0.5) is 4.79 Å². The average Bonchev–Trinajstić information content (AvgIpc) is 2.97. The smallest absolute Gasteiger partial charge is 0.410 e. The van der Waals surface area contributed by atoms with E-state index in [9.17, 15) is 9.59 Å². The number of rotatable bonds is 5. The van der Waals surface area contributed by atoms with E-state index in [1.165, 1.54) is 0 Å². The fraction of sp³-hybridized carbons (Fsp3) is 0.263. The Kier molecular flexibility index (Phi) is 4.79. The molecule has 2 aromatic carbocycles. The standard InChI is InChI=1S/C19H20N2O3/c1-14-7-5-6-10-16(14)18(22)20-11-12-21-13-17(24-19(21)23)15-8-3-2-4-9-15/h2-10,17H,11-13H2,1H3,(H,20,22). The zero-order valence-electron chi connectivity index (χ0n) is 13.6. The van der Waals surface area contributed by atoms with E-state index in [1.54, 1.807) is 11.0 Å². The van der Waals surface area contributed by atoms with Gasteiger partial charge in [0, 0.05) is 18.7 Å². The Labute approximate surface area is 141 Å². The molecule has 3 rings (SSSR count). The van der Waals surface area contributed by atoms with Crippen molar-refractivity contribution >= 4 is 12.0 Å². The summed E-state index contributed by atoms with van der Waals surface area (Å²) in [4.78, 5) is 25.7. The van der Waals surface area contributed by atoms with Crippen LogP contribution in [0, 0.1) is 6.92 Å². The molecule has 1 unspecified atom stereocenters. The van der Waals surface area contributed by atoms with Gasteiger partial charge in [0.15, 0.2) is 0 Å². The second kappa shape index (κ2) is 7.17. The van der Waals surface area contributed by atoms with Gasteiger partial charge in [-0.1, -0.05) is 48.5 Å². The molecule has 0 spiro atoms. The number of hydrogen-bond acceptors (Lipinski definition) is 3. The maximum absolute atomic E-state index is 12.2. The molecule has 5 nitrogen and oxygen atoms in total. The number of nitrogens with one attached hydrogen (secondary N) is 1. The molecule has 0 saturated carbocycles. The second-order valence-electron chi connectivity index (χ2n) is 5.80. The summed E-state index contributed by atoms with van der Waals surface area (Å²) in [5.74, 6) is -0.125. The monoisotopic (exact) mass is 324 g/mol. The first-order valence-electron chi connectivity index (χ1n) is 7.99. The summed E-state index contributed by atoms with van der Waals surface area (Å²) in [6.07, 6.45) is -0.584. The third-order valence-corrected chi connectivity index (χ3v) is 4.12. The number of hydrogen-bond donors (Lipinski definition) is 1. The highest BCUT2D eigenvalue weighted by molar-refractivity contribution is 5.95. The molecule has 1 fully saturated rings. The largest absolute Gasteiger partial charge is 0.439 e. The van der Waals surface area contributed by atoms with Gasteiger partial charge in [0.2, 0.25) is 0 Å². The highest BCUT2D eigenvalue weighted by atomic mass is 16.6. The Bertz CT molecular complexity index is 730. The number of benzene rings is 2. The number of amides is 2. The Morgan fingerprint density at radius 2 is 1.88 bits per heavy atom. The van der Waals surface area contributed by atoms with Crippen molar-refractivity contribution in [3.05, 3.63) is 71.3 Å². The maximum Gasteiger partial charge on any atom is 0.410 e. The molecule has 0 aliphatic carbocycles. The van der Waals surface area contributed by atoms with Crippen molar-refractivity contribution in [2.24, 2.45) is 0 Å². The van der Waals surface area contributed by atoms with Crippen LogP contribution in [0.2, 0.25) is 0 Å². The van der Waals surface area contributed by atoms with Gasteiger partial charge in [0.25, 0.3) is 5.91 Å². The van der Waals surface area contributed by atoms with Crippen LogP contribution in [0.15, 0.2) is 54.6 Å². The van der Waals surface area contributed by atoms with Gasteiger partial charge < -0.3 is 15.0 Å². The predicted octanol–water partition coefficient (Wildman–Crippen LogP) is 2.92. The molecule has 24 heavy (non-hydrogen) atoms. The van der Waals surface area contributed by atoms with Gasteiger partial charge in [-0.25, -0.2) is 4.79 Å². The van der Waals surface area contributed by atoms with E-state index in [1.807, 2.05) is 55.5 Å². The van der Waals surface area contributed by atoms with E-state index in [-0.39, 0.29) is 18.1 Å². The SMILES string of the molecule is Cc1ccccc1C(=O)NCCN1CC(c2ccccc2)OC1=O. The third kappa shape index (κ3) is 3.56. The molecule has 2 amide bonds. The van der Waals surface area contributed by atoms with Gasteiger partial charge in [0.05, 0.1) is 6.54 Å². The van der Waals surface area contributed by atoms with Gasteiger partial charge in [-0.3, -0.25) is 4.79 Å². The lowest BCUT2D eigenvalue weighted by Crippen LogP contribution is -2.35. The Morgan fingerprint density at radius 3 is 2.62 bits per heavy atom. The molecule has 1 saturated heterocycles. The summed E-state index contributed by atoms with van der Waals surface area (Å²) >= 11 is 0. The van der Waals surface area contributed by atoms with Gasteiger partial charge in [-0.05, 0) is 24.1 Å². The number of aryl methyl sites for hydroxylation is 1. The molecular formula is C19H20N2O3. The number of cyclic esters (lactones) is 1. The van der Waals surface area contributed by atoms with Crippen molar-refractivity contribution in [1.29, 1.82) is 0 Å². The summed E-state index contributed by atoms with van der Waals surface area (Å²) in [7, 11) is 0. The van der Waals surface area contributed by atoms with Gasteiger partial charge in [-0.15, -0.1) is 0 Å². The predicted molar refractivity (Wildman–Crippen MR) is 90.7 cm³/mol. The average molecular weight is 324 g/mol. The van der Waals surface area contributed by atoms with Crippen molar-refractivity contribution in [3.63, 3.8) is 0 Å². The first kappa shape index (κ1) is 16.1. The summed E-state index contributed by atoms with van der Waals surface area (Å²) in [5.41, 5.74) is 2.57. The zero-order chi connectivity index (χ0) is 16.9. The molecule has 2 aromatic rings. The number of carbonyl (C=O) groups excluding carboxylic acids is 2. The number of carbonyl (C=O) groups is 2. The highest BCUT2D eigenvalue weighted by Gasteiger charge is 2.31. The lowest BCUT2D eigenvalue weighted by Gasteiger charge is -2.14. The molecule has 1 atom stereocenters. The third-order valence-electron chi connectivity index (χ3n) is 4.12. The van der Waals surface area contributed by atoms with Crippen LogP contribution in [0.5, 0.6) is 0 Å². The van der Waals surface area contributed by atoms with Crippen LogP contribution in [0.3, 0.4) is 0 Å². The summed E-state index contributed by atoms with van der Waals surface area (Å²) < 4.78 is 5.40. The minimum Gasteiger partial charge on any atom is -0.439 e. The van der Waals surface area contributed by atoms with Crippen molar-refractivity contribution in [1.82, 2.24) is 10.2 Å². The summed E-state index contributed by atoms with van der Waals surface area (Å²) in [6.45, 7) is 3.23. The molecule has 124 valence electrons. The van der Waals surface area contributed by atoms with Crippen LogP contribution in [0.25, 0.3) is 0 Å².